The molecule has 1 saturated carbocycles. The second kappa shape index (κ2) is 9.82. The molecule has 1 aliphatic carbocycles. The van der Waals surface area contributed by atoms with Gasteiger partial charge in [0, 0.05) is 28.3 Å². The number of rotatable bonds is 9. The van der Waals surface area contributed by atoms with Crippen LogP contribution in [0.5, 0.6) is 11.5 Å². The highest BCUT2D eigenvalue weighted by atomic mass is 79.9. The molecule has 3 aliphatic rings. The van der Waals surface area contributed by atoms with Gasteiger partial charge in [0.2, 0.25) is 6.79 Å². The Balaban J connectivity index is 1.19. The van der Waals surface area contributed by atoms with Gasteiger partial charge in [-0.1, -0.05) is 71.4 Å². The minimum absolute atomic E-state index is 0.317. The molecule has 0 spiro atoms. The molecule has 4 nitrogen and oxygen atoms in total. The summed E-state index contributed by atoms with van der Waals surface area (Å²) in [5.41, 5.74) is 3.53. The molecule has 3 aromatic rings. The summed E-state index contributed by atoms with van der Waals surface area (Å²) >= 11 is 3.59. The third-order valence-corrected chi connectivity index (χ3v) is 9.70. The molecule has 190 valence electrons. The van der Waals surface area contributed by atoms with Crippen LogP contribution in [0, 0.1) is 29.1 Å². The predicted molar refractivity (Wildman–Crippen MR) is 148 cm³/mol. The van der Waals surface area contributed by atoms with Crippen molar-refractivity contribution in [1.82, 2.24) is 0 Å². The predicted octanol–water partition coefficient (Wildman–Crippen LogP) is 6.87. The van der Waals surface area contributed by atoms with Gasteiger partial charge in [-0.2, -0.15) is 5.26 Å². The van der Waals surface area contributed by atoms with Crippen LogP contribution in [0.3, 0.4) is 0 Å². The monoisotopic (exact) mass is 557 g/mol. The van der Waals surface area contributed by atoms with Gasteiger partial charge in [0.1, 0.15) is 6.54 Å². The van der Waals surface area contributed by atoms with Crippen LogP contribution < -0.4 is 9.47 Å². The summed E-state index contributed by atoms with van der Waals surface area (Å²) in [4.78, 5) is 0. The number of quaternary nitrogens is 1. The Morgan fingerprint density at radius 3 is 2.35 bits per heavy atom. The normalized spacial score (nSPS) is 26.8. The zero-order valence-corrected chi connectivity index (χ0v) is 23.0. The molecule has 3 atom stereocenters. The van der Waals surface area contributed by atoms with E-state index in [0.29, 0.717) is 12.7 Å². The first-order valence-electron chi connectivity index (χ1n) is 13.5. The van der Waals surface area contributed by atoms with Crippen LogP contribution in [-0.2, 0) is 18.4 Å². The van der Waals surface area contributed by atoms with Crippen molar-refractivity contribution in [3.8, 4) is 17.6 Å². The molecule has 6 rings (SSSR count). The van der Waals surface area contributed by atoms with Crippen molar-refractivity contribution < 1.29 is 14.0 Å². The van der Waals surface area contributed by atoms with Gasteiger partial charge in [-0.15, -0.1) is 0 Å². The Kier molecular flexibility index (Phi) is 6.51. The van der Waals surface area contributed by atoms with Crippen LogP contribution in [-0.4, -0.2) is 30.9 Å². The van der Waals surface area contributed by atoms with Crippen molar-refractivity contribution in [3.63, 3.8) is 0 Å². The van der Waals surface area contributed by atoms with Crippen LogP contribution in [0.25, 0.3) is 0 Å². The molecule has 0 N–H and O–H groups in total. The molecule has 2 aliphatic heterocycles. The number of likely N-dealkylation sites (tertiary alicyclic amines) is 1. The summed E-state index contributed by atoms with van der Waals surface area (Å²) in [5.74, 6) is 3.81. The van der Waals surface area contributed by atoms with Gasteiger partial charge in [0.25, 0.3) is 0 Å². The Bertz CT molecular complexity index is 1290. The van der Waals surface area contributed by atoms with Crippen LogP contribution in [0.15, 0.2) is 77.3 Å². The van der Waals surface area contributed by atoms with Gasteiger partial charge in [0.05, 0.1) is 31.1 Å². The van der Waals surface area contributed by atoms with Crippen LogP contribution >= 0.6 is 15.9 Å². The number of halogens is 1. The van der Waals surface area contributed by atoms with E-state index >= 15 is 0 Å². The van der Waals surface area contributed by atoms with Crippen molar-refractivity contribution in [1.29, 1.82) is 5.26 Å². The maximum atomic E-state index is 10.3. The SMILES string of the molecule is CCC(C#N)(CC1C2C[N+](CCc3ccc4c(c3)OCO4)(Cc3ccc(Br)cc3)CC12)c1ccccc1. The van der Waals surface area contributed by atoms with E-state index < -0.39 is 0 Å². The van der Waals surface area contributed by atoms with Crippen molar-refractivity contribution in [3.05, 3.63) is 94.0 Å². The minimum atomic E-state index is -0.371. The highest BCUT2D eigenvalue weighted by Crippen LogP contribution is 2.59. The average Bonchev–Trinajstić information content (AvgIpc) is 3.27. The lowest BCUT2D eigenvalue weighted by atomic mass is 9.74. The van der Waals surface area contributed by atoms with Gasteiger partial charge in [-0.05, 0) is 54.2 Å². The molecular weight excluding hydrogens is 524 g/mol. The lowest BCUT2D eigenvalue weighted by Gasteiger charge is -2.38. The van der Waals surface area contributed by atoms with E-state index in [1.807, 2.05) is 12.1 Å². The average molecular weight is 559 g/mol. The van der Waals surface area contributed by atoms with E-state index in [2.05, 4.69) is 89.6 Å². The number of fused-ring (bicyclic) bond motifs is 2. The fourth-order valence-electron chi connectivity index (χ4n) is 6.98. The Labute approximate surface area is 228 Å². The molecule has 1 saturated heterocycles. The molecular formula is C32H34BrN2O2+. The van der Waals surface area contributed by atoms with Crippen molar-refractivity contribution in [2.75, 3.05) is 26.4 Å². The van der Waals surface area contributed by atoms with E-state index in [9.17, 15) is 5.26 Å². The second-order valence-electron chi connectivity index (χ2n) is 11.3. The molecule has 5 heteroatoms. The Hall–Kier alpha value is -2.81. The topological polar surface area (TPSA) is 42.2 Å². The van der Waals surface area contributed by atoms with Crippen molar-refractivity contribution in [2.45, 2.75) is 38.1 Å². The molecule has 3 aromatic carbocycles. The quantitative estimate of drug-likeness (QED) is 0.269. The zero-order chi connectivity index (χ0) is 25.5. The largest absolute Gasteiger partial charge is 0.454 e. The summed E-state index contributed by atoms with van der Waals surface area (Å²) in [6, 6.07) is 28.4. The third-order valence-electron chi connectivity index (χ3n) is 9.18. The van der Waals surface area contributed by atoms with Gasteiger partial charge in [-0.3, -0.25) is 0 Å². The van der Waals surface area contributed by atoms with E-state index in [-0.39, 0.29) is 5.41 Å². The third kappa shape index (κ3) is 4.78. The highest BCUT2D eigenvalue weighted by molar-refractivity contribution is 9.10. The number of ether oxygens (including phenoxy) is 2. The zero-order valence-electron chi connectivity index (χ0n) is 21.4. The van der Waals surface area contributed by atoms with Gasteiger partial charge >= 0.3 is 0 Å². The first-order valence-corrected chi connectivity index (χ1v) is 14.3. The molecule has 37 heavy (non-hydrogen) atoms. The first-order chi connectivity index (χ1) is 18.0. The molecule has 0 aromatic heterocycles. The number of nitriles is 1. The lowest BCUT2D eigenvalue weighted by molar-refractivity contribution is -0.934. The second-order valence-corrected chi connectivity index (χ2v) is 12.2. The molecule has 0 amide bonds. The van der Waals surface area contributed by atoms with Gasteiger partial charge in [-0.25, -0.2) is 0 Å². The summed E-state index contributed by atoms with van der Waals surface area (Å²) in [6.45, 7) is 7.08. The first kappa shape index (κ1) is 24.5. The van der Waals surface area contributed by atoms with Crippen molar-refractivity contribution >= 4 is 15.9 Å². The molecule has 0 radical (unpaired) electrons. The van der Waals surface area contributed by atoms with Crippen LogP contribution in [0.1, 0.15) is 36.5 Å². The number of benzene rings is 3. The van der Waals surface area contributed by atoms with E-state index in [4.69, 9.17) is 9.47 Å². The molecule has 0 bridgehead atoms. The molecule has 2 heterocycles. The number of nitrogens with zero attached hydrogens (tertiary/aromatic N) is 2. The summed E-state index contributed by atoms with van der Waals surface area (Å²) in [5, 5.41) is 10.3. The fraction of sp³-hybridized carbons (Fsp3) is 0.406. The lowest BCUT2D eigenvalue weighted by Crippen LogP contribution is -2.49. The van der Waals surface area contributed by atoms with E-state index in [0.717, 1.165) is 64.6 Å². The van der Waals surface area contributed by atoms with E-state index in [1.165, 1.54) is 29.8 Å². The number of piperidine rings is 1. The Morgan fingerprint density at radius 2 is 1.65 bits per heavy atom. The summed E-state index contributed by atoms with van der Waals surface area (Å²) in [7, 11) is 0. The summed E-state index contributed by atoms with van der Waals surface area (Å²) in [6.07, 6.45) is 2.88. The Morgan fingerprint density at radius 1 is 0.946 bits per heavy atom. The van der Waals surface area contributed by atoms with Crippen molar-refractivity contribution in [2.24, 2.45) is 17.8 Å². The smallest absolute Gasteiger partial charge is 0.231 e. The van der Waals surface area contributed by atoms with E-state index in [1.54, 1.807) is 0 Å². The van der Waals surface area contributed by atoms with Crippen LogP contribution in [0.2, 0.25) is 0 Å². The minimum Gasteiger partial charge on any atom is -0.454 e. The molecule has 3 unspecified atom stereocenters. The maximum absolute atomic E-state index is 10.3. The number of hydrogen-bond acceptors (Lipinski definition) is 3. The van der Waals surface area contributed by atoms with Gasteiger partial charge in [0.15, 0.2) is 11.5 Å². The highest BCUT2D eigenvalue weighted by Gasteiger charge is 2.64. The fourth-order valence-corrected chi connectivity index (χ4v) is 7.25. The van der Waals surface area contributed by atoms with Crippen LogP contribution in [0.4, 0.5) is 0 Å². The standard InChI is InChI=1S/C32H34BrN2O2/c1-2-32(21-34,25-6-4-3-5-7-25)17-27-28-19-35(20-29(27)28,18-24-8-11-26(33)12-9-24)15-14-23-10-13-30-31(16-23)37-22-36-30/h3-13,16,27-29H,2,14-15,17-20,22H2,1H3/q+1. The number of hydrogen-bond donors (Lipinski definition) is 0. The molecule has 2 fully saturated rings. The summed E-state index contributed by atoms with van der Waals surface area (Å²) < 4.78 is 13.4. The van der Waals surface area contributed by atoms with Gasteiger partial charge < -0.3 is 14.0 Å². The maximum Gasteiger partial charge on any atom is 0.231 e.